The molecule has 2 saturated heterocycles. The van der Waals surface area contributed by atoms with E-state index in [1.807, 2.05) is 13.0 Å². The topological polar surface area (TPSA) is 67.6 Å². The predicted molar refractivity (Wildman–Crippen MR) is 76.5 cm³/mol. The Bertz CT molecular complexity index is 502. The van der Waals surface area contributed by atoms with E-state index in [0.29, 0.717) is 30.8 Å². The molecule has 1 N–H and O–H groups in total. The highest BCUT2D eigenvalue weighted by Crippen LogP contribution is 2.36. The highest BCUT2D eigenvalue weighted by Gasteiger charge is 2.41. The van der Waals surface area contributed by atoms with Crippen LogP contribution in [0.1, 0.15) is 17.9 Å². The molecule has 2 fully saturated rings. The van der Waals surface area contributed by atoms with E-state index in [0.717, 1.165) is 37.7 Å². The molecule has 0 aromatic carbocycles. The number of hydrogen-bond acceptors (Lipinski definition) is 5. The first kappa shape index (κ1) is 14.5. The third kappa shape index (κ3) is 3.27. The maximum absolute atomic E-state index is 11.6. The molecular formula is C15H23N3O3. The standard InChI is InChI=1S/C15H23N3O3/c1-10-3-13(17-21-10)6-18-5-12-9-20-8-11(14(12)7-18)4-15(19)16-2/h3,11-12,14H,4-9H2,1-2H3,(H,16,19)/t11-,12-,14+/m1/s1. The van der Waals surface area contributed by atoms with Crippen LogP contribution >= 0.6 is 0 Å². The van der Waals surface area contributed by atoms with E-state index >= 15 is 0 Å². The van der Waals surface area contributed by atoms with E-state index in [9.17, 15) is 4.79 Å². The number of carbonyl (C=O) groups is 1. The van der Waals surface area contributed by atoms with Gasteiger partial charge in [-0.15, -0.1) is 0 Å². The molecule has 2 aliphatic heterocycles. The molecule has 21 heavy (non-hydrogen) atoms. The van der Waals surface area contributed by atoms with Crippen LogP contribution in [0.5, 0.6) is 0 Å². The van der Waals surface area contributed by atoms with E-state index in [1.165, 1.54) is 0 Å². The molecule has 6 nitrogen and oxygen atoms in total. The van der Waals surface area contributed by atoms with Crippen molar-refractivity contribution in [2.24, 2.45) is 17.8 Å². The molecule has 1 amide bonds. The molecule has 6 heteroatoms. The van der Waals surface area contributed by atoms with Crippen LogP contribution in [0, 0.1) is 24.7 Å². The van der Waals surface area contributed by atoms with Gasteiger partial charge in [-0.05, 0) is 24.7 Å². The zero-order valence-corrected chi connectivity index (χ0v) is 12.7. The lowest BCUT2D eigenvalue weighted by Gasteiger charge is -2.32. The predicted octanol–water partition coefficient (Wildman–Crippen LogP) is 0.814. The first-order chi connectivity index (χ1) is 10.2. The van der Waals surface area contributed by atoms with Gasteiger partial charge in [0.25, 0.3) is 0 Å². The normalized spacial score (nSPS) is 29.3. The lowest BCUT2D eigenvalue weighted by molar-refractivity contribution is -0.124. The Morgan fingerprint density at radius 2 is 2.33 bits per heavy atom. The van der Waals surface area contributed by atoms with Crippen LogP contribution in [0.3, 0.4) is 0 Å². The summed E-state index contributed by atoms with van der Waals surface area (Å²) in [5, 5.41) is 6.78. The molecular weight excluding hydrogens is 270 g/mol. The maximum Gasteiger partial charge on any atom is 0.220 e. The van der Waals surface area contributed by atoms with Gasteiger partial charge >= 0.3 is 0 Å². The number of carbonyl (C=O) groups excluding carboxylic acids is 1. The van der Waals surface area contributed by atoms with E-state index in [4.69, 9.17) is 9.26 Å². The van der Waals surface area contributed by atoms with Gasteiger partial charge in [0.15, 0.2) is 0 Å². The molecule has 116 valence electrons. The second-order valence-corrected chi connectivity index (χ2v) is 6.22. The summed E-state index contributed by atoms with van der Waals surface area (Å²) in [5.41, 5.74) is 0.981. The quantitative estimate of drug-likeness (QED) is 0.890. The SMILES string of the molecule is CNC(=O)C[C@@H]1COC[C@H]2CN(Cc3cc(C)on3)C[C@@H]12. The number of amides is 1. The average molecular weight is 293 g/mol. The lowest BCUT2D eigenvalue weighted by Crippen LogP contribution is -2.37. The van der Waals surface area contributed by atoms with Crippen molar-refractivity contribution in [3.05, 3.63) is 17.5 Å². The highest BCUT2D eigenvalue weighted by atomic mass is 16.5. The summed E-state index contributed by atoms with van der Waals surface area (Å²) < 4.78 is 10.8. The van der Waals surface area contributed by atoms with E-state index in [-0.39, 0.29) is 5.91 Å². The number of aromatic nitrogens is 1. The van der Waals surface area contributed by atoms with Crippen molar-refractivity contribution in [1.29, 1.82) is 0 Å². The van der Waals surface area contributed by atoms with Gasteiger partial charge in [-0.2, -0.15) is 0 Å². The van der Waals surface area contributed by atoms with E-state index in [2.05, 4.69) is 15.4 Å². The van der Waals surface area contributed by atoms with Gasteiger partial charge in [0.2, 0.25) is 5.91 Å². The number of fused-ring (bicyclic) bond motifs is 1. The van der Waals surface area contributed by atoms with Gasteiger partial charge in [0, 0.05) is 39.2 Å². The zero-order valence-electron chi connectivity index (χ0n) is 12.7. The number of hydrogen-bond donors (Lipinski definition) is 1. The summed E-state index contributed by atoms with van der Waals surface area (Å²) in [6, 6.07) is 1.99. The molecule has 1 aromatic rings. The van der Waals surface area contributed by atoms with Gasteiger partial charge in [-0.25, -0.2) is 0 Å². The largest absolute Gasteiger partial charge is 0.381 e. The Kier molecular flexibility index (Phi) is 4.26. The van der Waals surface area contributed by atoms with Crippen LogP contribution < -0.4 is 5.32 Å². The smallest absolute Gasteiger partial charge is 0.220 e. The third-order valence-corrected chi connectivity index (χ3v) is 4.63. The maximum atomic E-state index is 11.6. The van der Waals surface area contributed by atoms with Crippen molar-refractivity contribution in [2.75, 3.05) is 33.4 Å². The Morgan fingerprint density at radius 3 is 3.05 bits per heavy atom. The monoisotopic (exact) mass is 293 g/mol. The van der Waals surface area contributed by atoms with Crippen LogP contribution in [0.4, 0.5) is 0 Å². The molecule has 3 rings (SSSR count). The number of ether oxygens (including phenoxy) is 1. The van der Waals surface area contributed by atoms with Gasteiger partial charge < -0.3 is 14.6 Å². The van der Waals surface area contributed by atoms with Crippen molar-refractivity contribution in [3.63, 3.8) is 0 Å². The second-order valence-electron chi connectivity index (χ2n) is 6.22. The van der Waals surface area contributed by atoms with Crippen molar-refractivity contribution in [3.8, 4) is 0 Å². The van der Waals surface area contributed by atoms with Gasteiger partial charge in [0.05, 0.1) is 18.9 Å². The Morgan fingerprint density at radius 1 is 1.48 bits per heavy atom. The van der Waals surface area contributed by atoms with Crippen LogP contribution in [0.2, 0.25) is 0 Å². The zero-order chi connectivity index (χ0) is 14.8. The van der Waals surface area contributed by atoms with Crippen LogP contribution in [0.15, 0.2) is 10.6 Å². The van der Waals surface area contributed by atoms with Crippen LogP contribution in [0.25, 0.3) is 0 Å². The molecule has 1 aromatic heterocycles. The van der Waals surface area contributed by atoms with Crippen molar-refractivity contribution in [2.45, 2.75) is 19.9 Å². The van der Waals surface area contributed by atoms with Gasteiger partial charge in [-0.1, -0.05) is 5.16 Å². The molecule has 2 aliphatic rings. The Labute approximate surface area is 124 Å². The van der Waals surface area contributed by atoms with Crippen LogP contribution in [-0.4, -0.2) is 49.3 Å². The van der Waals surface area contributed by atoms with Crippen LogP contribution in [-0.2, 0) is 16.1 Å². The summed E-state index contributed by atoms with van der Waals surface area (Å²) in [5.74, 6) is 2.36. The lowest BCUT2D eigenvalue weighted by atomic mass is 9.81. The number of rotatable bonds is 4. The number of nitrogens with zero attached hydrogens (tertiary/aromatic N) is 2. The van der Waals surface area contributed by atoms with Crippen molar-refractivity contribution >= 4 is 5.91 Å². The highest BCUT2D eigenvalue weighted by molar-refractivity contribution is 5.75. The first-order valence-corrected chi connectivity index (χ1v) is 7.58. The molecule has 0 saturated carbocycles. The Hall–Kier alpha value is -1.40. The fourth-order valence-corrected chi connectivity index (χ4v) is 3.59. The average Bonchev–Trinajstić information content (AvgIpc) is 3.05. The van der Waals surface area contributed by atoms with E-state index < -0.39 is 0 Å². The number of nitrogens with one attached hydrogen (secondary N) is 1. The Balaban J connectivity index is 1.61. The summed E-state index contributed by atoms with van der Waals surface area (Å²) in [7, 11) is 1.69. The van der Waals surface area contributed by atoms with Gasteiger partial charge in [0.1, 0.15) is 5.76 Å². The summed E-state index contributed by atoms with van der Waals surface area (Å²) >= 11 is 0. The fraction of sp³-hybridized carbons (Fsp3) is 0.733. The van der Waals surface area contributed by atoms with E-state index in [1.54, 1.807) is 7.05 Å². The molecule has 0 spiro atoms. The summed E-state index contributed by atoms with van der Waals surface area (Å²) in [6.07, 6.45) is 0.564. The number of likely N-dealkylation sites (tertiary alicyclic amines) is 1. The minimum Gasteiger partial charge on any atom is -0.381 e. The molecule has 3 atom stereocenters. The molecule has 0 unspecified atom stereocenters. The van der Waals surface area contributed by atoms with Gasteiger partial charge in [-0.3, -0.25) is 9.69 Å². The minimum atomic E-state index is 0.106. The van der Waals surface area contributed by atoms with Crippen molar-refractivity contribution < 1.29 is 14.1 Å². The minimum absolute atomic E-state index is 0.106. The molecule has 0 aliphatic carbocycles. The first-order valence-electron chi connectivity index (χ1n) is 7.58. The molecule has 3 heterocycles. The second kappa shape index (κ2) is 6.15. The fourth-order valence-electron chi connectivity index (χ4n) is 3.59. The summed E-state index contributed by atoms with van der Waals surface area (Å²) in [4.78, 5) is 14.0. The molecule has 0 bridgehead atoms. The third-order valence-electron chi connectivity index (χ3n) is 4.63. The summed E-state index contributed by atoms with van der Waals surface area (Å²) in [6.45, 7) is 6.27. The number of aryl methyl sites for hydroxylation is 1. The molecule has 0 radical (unpaired) electrons. The van der Waals surface area contributed by atoms with Crippen molar-refractivity contribution in [1.82, 2.24) is 15.4 Å².